The zero-order valence-corrected chi connectivity index (χ0v) is 11.2. The van der Waals surface area contributed by atoms with Gasteiger partial charge in [-0.2, -0.15) is 8.42 Å². The molecule has 0 aliphatic heterocycles. The Kier molecular flexibility index (Phi) is 5.39. The van der Waals surface area contributed by atoms with Crippen molar-refractivity contribution in [1.82, 2.24) is 0 Å². The highest BCUT2D eigenvalue weighted by Gasteiger charge is 2.30. The second-order valence-corrected chi connectivity index (χ2v) is 5.99. The van der Waals surface area contributed by atoms with Crippen molar-refractivity contribution in [3.63, 3.8) is 0 Å². The molecule has 1 saturated carbocycles. The zero-order chi connectivity index (χ0) is 12.9. The maximum absolute atomic E-state index is 11.4. The number of hydrogen-bond acceptors (Lipinski definition) is 5. The summed E-state index contributed by atoms with van der Waals surface area (Å²) in [7, 11) is -3.46. The van der Waals surface area contributed by atoms with Gasteiger partial charge in [0.05, 0.1) is 25.4 Å². The highest BCUT2D eigenvalue weighted by Crippen LogP contribution is 2.30. The van der Waals surface area contributed by atoms with Gasteiger partial charge in [0.25, 0.3) is 10.1 Å². The number of rotatable bonds is 5. The Morgan fingerprint density at radius 2 is 1.94 bits per heavy atom. The van der Waals surface area contributed by atoms with Crippen molar-refractivity contribution in [3.05, 3.63) is 0 Å². The molecule has 100 valence electrons. The maximum atomic E-state index is 11.4. The minimum Gasteiger partial charge on any atom is -0.466 e. The predicted octanol–water partition coefficient (Wildman–Crippen LogP) is 1.47. The van der Waals surface area contributed by atoms with E-state index in [0.29, 0.717) is 13.0 Å². The van der Waals surface area contributed by atoms with E-state index in [1.165, 1.54) is 0 Å². The molecule has 0 N–H and O–H groups in total. The molecule has 0 spiro atoms. The number of ether oxygens (including phenoxy) is 1. The van der Waals surface area contributed by atoms with Gasteiger partial charge in [-0.1, -0.05) is 12.8 Å². The van der Waals surface area contributed by atoms with Crippen molar-refractivity contribution in [2.45, 2.75) is 45.1 Å². The van der Waals surface area contributed by atoms with Crippen LogP contribution in [0.25, 0.3) is 0 Å². The molecule has 0 unspecified atom stereocenters. The van der Waals surface area contributed by atoms with Crippen LogP contribution in [0.3, 0.4) is 0 Å². The molecule has 1 aliphatic carbocycles. The van der Waals surface area contributed by atoms with Crippen molar-refractivity contribution in [2.24, 2.45) is 5.92 Å². The minimum absolute atomic E-state index is 0.0440. The van der Waals surface area contributed by atoms with Gasteiger partial charge >= 0.3 is 5.97 Å². The van der Waals surface area contributed by atoms with Crippen LogP contribution in [0.2, 0.25) is 0 Å². The molecule has 2 atom stereocenters. The van der Waals surface area contributed by atoms with E-state index in [0.717, 1.165) is 25.5 Å². The average Bonchev–Trinajstić information content (AvgIpc) is 2.19. The normalized spacial score (nSPS) is 25.5. The summed E-state index contributed by atoms with van der Waals surface area (Å²) in [5.41, 5.74) is 0. The quantitative estimate of drug-likeness (QED) is 0.555. The van der Waals surface area contributed by atoms with Gasteiger partial charge in [-0.15, -0.1) is 0 Å². The van der Waals surface area contributed by atoms with Gasteiger partial charge in [0, 0.05) is 0 Å². The van der Waals surface area contributed by atoms with Crippen molar-refractivity contribution in [2.75, 3.05) is 12.9 Å². The molecule has 17 heavy (non-hydrogen) atoms. The van der Waals surface area contributed by atoms with Gasteiger partial charge in [-0.3, -0.25) is 8.98 Å². The molecule has 0 bridgehead atoms. The van der Waals surface area contributed by atoms with E-state index >= 15 is 0 Å². The minimum atomic E-state index is -3.46. The van der Waals surface area contributed by atoms with Crippen LogP contribution in [0.5, 0.6) is 0 Å². The Hall–Kier alpha value is -0.620. The Morgan fingerprint density at radius 3 is 2.53 bits per heavy atom. The van der Waals surface area contributed by atoms with E-state index in [2.05, 4.69) is 0 Å². The second-order valence-electron chi connectivity index (χ2n) is 4.39. The van der Waals surface area contributed by atoms with Crippen LogP contribution >= 0.6 is 0 Å². The maximum Gasteiger partial charge on any atom is 0.306 e. The average molecular weight is 264 g/mol. The molecular formula is C11H20O5S. The van der Waals surface area contributed by atoms with Crippen LogP contribution in [0, 0.1) is 5.92 Å². The van der Waals surface area contributed by atoms with Crippen LogP contribution in [-0.2, 0) is 23.8 Å². The summed E-state index contributed by atoms with van der Waals surface area (Å²) < 4.78 is 32.2. The molecule has 0 aromatic heterocycles. The first-order chi connectivity index (χ1) is 7.92. The molecule has 1 fully saturated rings. The molecule has 0 aromatic rings. The van der Waals surface area contributed by atoms with Gasteiger partial charge in [-0.05, 0) is 25.7 Å². The van der Waals surface area contributed by atoms with E-state index in [1.807, 2.05) is 0 Å². The van der Waals surface area contributed by atoms with Crippen LogP contribution < -0.4 is 0 Å². The van der Waals surface area contributed by atoms with Gasteiger partial charge in [-0.25, -0.2) is 0 Å². The third-order valence-corrected chi connectivity index (χ3v) is 3.47. The fourth-order valence-electron chi connectivity index (χ4n) is 2.19. The lowest BCUT2D eigenvalue weighted by atomic mass is 9.84. The topological polar surface area (TPSA) is 69.7 Å². The smallest absolute Gasteiger partial charge is 0.306 e. The van der Waals surface area contributed by atoms with Crippen LogP contribution in [0.15, 0.2) is 0 Å². The van der Waals surface area contributed by atoms with Crippen LogP contribution in [-0.4, -0.2) is 33.4 Å². The van der Waals surface area contributed by atoms with Crippen LogP contribution in [0.1, 0.15) is 39.0 Å². The lowest BCUT2D eigenvalue weighted by molar-refractivity contribution is -0.145. The van der Waals surface area contributed by atoms with Gasteiger partial charge in [0.1, 0.15) is 0 Å². The summed E-state index contributed by atoms with van der Waals surface area (Å²) >= 11 is 0. The molecule has 0 aromatic carbocycles. The third kappa shape index (κ3) is 5.50. The standard InChI is InChI=1S/C11H20O5S/c1-3-15-11(12)8-9-6-4-5-7-10(9)16-17(2,13)14/h9-10H,3-8H2,1-2H3/t9-,10+/m0/s1. The molecule has 0 saturated heterocycles. The first kappa shape index (κ1) is 14.4. The van der Waals surface area contributed by atoms with Crippen molar-refractivity contribution >= 4 is 16.1 Å². The van der Waals surface area contributed by atoms with Crippen molar-refractivity contribution in [3.8, 4) is 0 Å². The third-order valence-electron chi connectivity index (χ3n) is 2.87. The number of esters is 1. The Balaban J connectivity index is 2.56. The molecule has 0 radical (unpaired) electrons. The Morgan fingerprint density at radius 1 is 1.29 bits per heavy atom. The molecule has 0 amide bonds. The summed E-state index contributed by atoms with van der Waals surface area (Å²) in [6.45, 7) is 2.10. The summed E-state index contributed by atoms with van der Waals surface area (Å²) in [6, 6.07) is 0. The van der Waals surface area contributed by atoms with Crippen LogP contribution in [0.4, 0.5) is 0 Å². The molecular weight excluding hydrogens is 244 g/mol. The molecule has 1 aliphatic rings. The number of carbonyl (C=O) groups excluding carboxylic acids is 1. The molecule has 1 rings (SSSR count). The van der Waals surface area contributed by atoms with Crippen molar-refractivity contribution in [1.29, 1.82) is 0 Å². The van der Waals surface area contributed by atoms with E-state index in [1.54, 1.807) is 6.92 Å². The van der Waals surface area contributed by atoms with Gasteiger partial charge in [0.2, 0.25) is 0 Å². The highest BCUT2D eigenvalue weighted by molar-refractivity contribution is 7.86. The van der Waals surface area contributed by atoms with Gasteiger partial charge < -0.3 is 4.74 Å². The number of carbonyl (C=O) groups is 1. The largest absolute Gasteiger partial charge is 0.466 e. The lowest BCUT2D eigenvalue weighted by Crippen LogP contribution is -2.31. The lowest BCUT2D eigenvalue weighted by Gasteiger charge is -2.29. The zero-order valence-electron chi connectivity index (χ0n) is 10.3. The van der Waals surface area contributed by atoms with Crippen molar-refractivity contribution < 1.29 is 22.1 Å². The first-order valence-corrected chi connectivity index (χ1v) is 7.78. The fourth-order valence-corrected chi connectivity index (χ4v) is 2.89. The van der Waals surface area contributed by atoms with E-state index in [9.17, 15) is 13.2 Å². The van der Waals surface area contributed by atoms with Gasteiger partial charge in [0.15, 0.2) is 0 Å². The predicted molar refractivity (Wildman–Crippen MR) is 62.9 cm³/mol. The fraction of sp³-hybridized carbons (Fsp3) is 0.909. The summed E-state index contributed by atoms with van der Waals surface area (Å²) in [6.07, 6.45) is 4.38. The second kappa shape index (κ2) is 6.35. The molecule has 0 heterocycles. The summed E-state index contributed by atoms with van der Waals surface area (Å²) in [5, 5.41) is 0. The Labute approximate surface area is 103 Å². The van der Waals surface area contributed by atoms with E-state index in [-0.39, 0.29) is 24.4 Å². The molecule has 6 heteroatoms. The highest BCUT2D eigenvalue weighted by atomic mass is 32.2. The monoisotopic (exact) mass is 264 g/mol. The summed E-state index contributed by atoms with van der Waals surface area (Å²) in [5.74, 6) is -0.320. The summed E-state index contributed by atoms with van der Waals surface area (Å²) in [4.78, 5) is 11.4. The first-order valence-electron chi connectivity index (χ1n) is 5.96. The van der Waals surface area contributed by atoms with E-state index in [4.69, 9.17) is 8.92 Å². The van der Waals surface area contributed by atoms with E-state index < -0.39 is 10.1 Å². The SMILES string of the molecule is CCOC(=O)C[C@@H]1CCCC[C@H]1OS(C)(=O)=O. The number of hydrogen-bond donors (Lipinski definition) is 0. The molecule has 5 nitrogen and oxygen atoms in total. The Bertz CT molecular complexity index is 349.